The molecule has 1 saturated heterocycles. The molecule has 5 heterocycles. The van der Waals surface area contributed by atoms with E-state index in [9.17, 15) is 0 Å². The smallest absolute Gasteiger partial charge is 0.196 e. The zero-order valence-electron chi connectivity index (χ0n) is 23.4. The molecule has 0 saturated carbocycles. The first-order chi connectivity index (χ1) is 19.6. The first-order valence-corrected chi connectivity index (χ1v) is 13.7. The summed E-state index contributed by atoms with van der Waals surface area (Å²) in [5.74, 6) is 0.566. The number of para-hydroxylation sites is 2. The molecule has 1 aliphatic heterocycles. The number of fused-ring (bicyclic) bond motifs is 3. The van der Waals surface area contributed by atoms with E-state index >= 15 is 4.39 Å². The van der Waals surface area contributed by atoms with Gasteiger partial charge in [0.2, 0.25) is 0 Å². The van der Waals surface area contributed by atoms with E-state index in [-0.39, 0.29) is 43.0 Å². The Morgan fingerprint density at radius 3 is 2.65 bits per heavy atom. The fourth-order valence-corrected chi connectivity index (χ4v) is 5.50. The summed E-state index contributed by atoms with van der Waals surface area (Å²) < 4.78 is 25.5. The Bertz CT molecular complexity index is 1850. The van der Waals surface area contributed by atoms with Gasteiger partial charge in [0.25, 0.3) is 0 Å². The fraction of sp³-hybridized carbons (Fsp3) is 0.300. The number of nitrogens with one attached hydrogen (secondary N) is 1. The molecule has 1 aliphatic rings. The molecule has 0 spiro atoms. The van der Waals surface area contributed by atoms with Crippen LogP contribution < -0.4 is 10.1 Å². The average molecular weight is 646 g/mol. The van der Waals surface area contributed by atoms with Crippen LogP contribution in [0, 0.1) is 12.7 Å². The lowest BCUT2D eigenvalue weighted by atomic mass is 9.93. The number of hydrogen-bond acceptors (Lipinski definition) is 7. The molecule has 2 aromatic carbocycles. The minimum atomic E-state index is -0.337. The zero-order valence-corrected chi connectivity index (χ0v) is 25.9. The molecule has 9 nitrogen and oxygen atoms in total. The quantitative estimate of drug-likeness (QED) is 0.203. The van der Waals surface area contributed by atoms with Crippen LogP contribution in [0.1, 0.15) is 36.6 Å². The lowest BCUT2D eigenvalue weighted by molar-refractivity contribution is 0.304. The summed E-state index contributed by atoms with van der Waals surface area (Å²) in [6.45, 7) is 5.05. The van der Waals surface area contributed by atoms with E-state index in [4.69, 9.17) is 9.84 Å². The Morgan fingerprint density at radius 2 is 1.81 bits per heavy atom. The Hall–Kier alpha value is -3.57. The van der Waals surface area contributed by atoms with Crippen molar-refractivity contribution in [3.8, 4) is 17.0 Å². The third kappa shape index (κ3) is 6.52. The third-order valence-electron chi connectivity index (χ3n) is 7.57. The second kappa shape index (κ2) is 13.8. The molecule has 0 amide bonds. The lowest BCUT2D eigenvalue weighted by Crippen LogP contribution is -2.27. The maximum atomic E-state index is 15.4. The number of hydrogen-bond donors (Lipinski definition) is 1. The van der Waals surface area contributed by atoms with E-state index in [0.717, 1.165) is 61.3 Å². The van der Waals surface area contributed by atoms with Crippen LogP contribution in [-0.2, 0) is 6.54 Å². The number of nitrogens with zero attached hydrogens (tertiary/aromatic N) is 7. The standard InChI is InChI=1S/C30H29FN8O.3ClH/c1-19-17-39-30(34-19)29(40-12-4-11-38-18-33-24-5-2-3-6-28(24)38)16-26(37-39)21-13-23(31)22-15-25(35-36-27(22)14-21)20-7-9-32-10-8-20;;;/h2-3,5-6,13-18,20,32H,4,7-12H2,1H3;3*1H. The van der Waals surface area contributed by atoms with E-state index in [2.05, 4.69) is 36.1 Å². The van der Waals surface area contributed by atoms with Crippen LogP contribution in [0.4, 0.5) is 4.39 Å². The molecule has 0 bridgehead atoms. The van der Waals surface area contributed by atoms with Gasteiger partial charge >= 0.3 is 0 Å². The monoisotopic (exact) mass is 644 g/mol. The predicted octanol–water partition coefficient (Wildman–Crippen LogP) is 6.34. The normalized spacial score (nSPS) is 13.4. The van der Waals surface area contributed by atoms with E-state index in [1.54, 1.807) is 4.52 Å². The topological polar surface area (TPSA) is 95.1 Å². The predicted molar refractivity (Wildman–Crippen MR) is 173 cm³/mol. The summed E-state index contributed by atoms with van der Waals surface area (Å²) in [7, 11) is 0. The number of imidazole rings is 2. The van der Waals surface area contributed by atoms with Crippen molar-refractivity contribution in [3.63, 3.8) is 0 Å². The summed E-state index contributed by atoms with van der Waals surface area (Å²) in [6.07, 6.45) is 6.44. The van der Waals surface area contributed by atoms with Gasteiger partial charge in [-0.15, -0.1) is 37.2 Å². The van der Waals surface area contributed by atoms with Crippen LogP contribution in [0.3, 0.4) is 0 Å². The van der Waals surface area contributed by atoms with Crippen LogP contribution in [0.5, 0.6) is 5.75 Å². The Balaban J connectivity index is 0.00000141. The second-order valence-corrected chi connectivity index (χ2v) is 10.4. The van der Waals surface area contributed by atoms with Crippen molar-refractivity contribution in [1.29, 1.82) is 0 Å². The van der Waals surface area contributed by atoms with Crippen molar-refractivity contribution in [2.24, 2.45) is 0 Å². The summed E-state index contributed by atoms with van der Waals surface area (Å²) >= 11 is 0. The summed E-state index contributed by atoms with van der Waals surface area (Å²) in [5.41, 5.74) is 6.07. The molecule has 4 aromatic heterocycles. The largest absolute Gasteiger partial charge is 0.489 e. The molecule has 0 radical (unpaired) electrons. The Labute approximate surface area is 266 Å². The number of piperidine rings is 1. The molecule has 1 fully saturated rings. The number of rotatable bonds is 7. The molecule has 7 rings (SSSR count). The van der Waals surface area contributed by atoms with Crippen molar-refractivity contribution < 1.29 is 9.13 Å². The average Bonchev–Trinajstić information content (AvgIpc) is 3.58. The van der Waals surface area contributed by atoms with Crippen LogP contribution in [0.15, 0.2) is 61.1 Å². The van der Waals surface area contributed by atoms with Crippen molar-refractivity contribution in [2.75, 3.05) is 19.7 Å². The van der Waals surface area contributed by atoms with Crippen LogP contribution >= 0.6 is 37.2 Å². The van der Waals surface area contributed by atoms with Gasteiger partial charge in [-0.3, -0.25) is 0 Å². The molecule has 43 heavy (non-hydrogen) atoms. The van der Waals surface area contributed by atoms with E-state index < -0.39 is 0 Å². The van der Waals surface area contributed by atoms with Crippen molar-refractivity contribution in [3.05, 3.63) is 78.3 Å². The first kappa shape index (κ1) is 32.3. The number of ether oxygens (including phenoxy) is 1. The zero-order chi connectivity index (χ0) is 27.1. The number of aryl methyl sites for hydroxylation is 2. The maximum Gasteiger partial charge on any atom is 0.196 e. The molecule has 226 valence electrons. The Kier molecular flexibility index (Phi) is 10.4. The van der Waals surface area contributed by atoms with Gasteiger partial charge in [0, 0.05) is 29.5 Å². The lowest BCUT2D eigenvalue weighted by Gasteiger charge is -2.21. The third-order valence-corrected chi connectivity index (χ3v) is 7.57. The molecule has 0 atom stereocenters. The van der Waals surface area contributed by atoms with Gasteiger partial charge in [0.05, 0.1) is 52.8 Å². The van der Waals surface area contributed by atoms with Gasteiger partial charge in [-0.05, 0) is 69.6 Å². The highest BCUT2D eigenvalue weighted by atomic mass is 35.5. The van der Waals surface area contributed by atoms with Gasteiger partial charge < -0.3 is 14.6 Å². The first-order valence-electron chi connectivity index (χ1n) is 13.7. The maximum absolute atomic E-state index is 15.4. The molecule has 0 aliphatic carbocycles. The van der Waals surface area contributed by atoms with Crippen molar-refractivity contribution in [2.45, 2.75) is 38.6 Å². The summed E-state index contributed by atoms with van der Waals surface area (Å²) in [6, 6.07) is 15.1. The van der Waals surface area contributed by atoms with Crippen LogP contribution in [-0.4, -0.2) is 54.0 Å². The highest BCUT2D eigenvalue weighted by Gasteiger charge is 2.19. The van der Waals surface area contributed by atoms with Gasteiger partial charge in [0.15, 0.2) is 11.4 Å². The van der Waals surface area contributed by atoms with E-state index in [0.29, 0.717) is 46.1 Å². The van der Waals surface area contributed by atoms with Gasteiger partial charge in [-0.25, -0.2) is 18.9 Å². The SMILES string of the molecule is Cc1cn2nc(-c3cc(F)c4cc(C5CCNCC5)nnc4c3)cc(OCCCn3cnc4ccccc43)c2n1.Cl.Cl.Cl. The fourth-order valence-electron chi connectivity index (χ4n) is 5.50. The molecule has 6 aromatic rings. The molecular formula is C30H32Cl3FN8O. The van der Waals surface area contributed by atoms with Crippen LogP contribution in [0.2, 0.25) is 0 Å². The number of halogens is 4. The van der Waals surface area contributed by atoms with Gasteiger partial charge in [-0.2, -0.15) is 15.3 Å². The van der Waals surface area contributed by atoms with Gasteiger partial charge in [0.1, 0.15) is 5.82 Å². The molecule has 13 heteroatoms. The molecule has 1 N–H and O–H groups in total. The van der Waals surface area contributed by atoms with Crippen molar-refractivity contribution in [1.82, 2.24) is 39.7 Å². The van der Waals surface area contributed by atoms with E-state index in [1.807, 2.05) is 55.8 Å². The minimum absolute atomic E-state index is 0. The summed E-state index contributed by atoms with van der Waals surface area (Å²) in [4.78, 5) is 9.06. The van der Waals surface area contributed by atoms with Crippen LogP contribution in [0.25, 0.3) is 38.8 Å². The Morgan fingerprint density at radius 1 is 1.00 bits per heavy atom. The number of aromatic nitrogens is 7. The minimum Gasteiger partial charge on any atom is -0.489 e. The summed E-state index contributed by atoms with van der Waals surface area (Å²) in [5, 5.41) is 17.4. The second-order valence-electron chi connectivity index (χ2n) is 10.4. The van der Waals surface area contributed by atoms with Crippen molar-refractivity contribution >= 4 is 64.8 Å². The molecule has 0 unspecified atom stereocenters. The molecular weight excluding hydrogens is 614 g/mol. The van der Waals surface area contributed by atoms with E-state index in [1.165, 1.54) is 6.07 Å². The number of benzene rings is 2. The highest BCUT2D eigenvalue weighted by molar-refractivity contribution is 5.86. The van der Waals surface area contributed by atoms with Gasteiger partial charge in [-0.1, -0.05) is 12.1 Å². The highest BCUT2D eigenvalue weighted by Crippen LogP contribution is 2.31.